The highest BCUT2D eigenvalue weighted by atomic mass is 16.7. The average molecular weight is 691 g/mol. The molecule has 49 heavy (non-hydrogen) atoms. The Labute approximate surface area is 286 Å². The first-order valence-electron chi connectivity index (χ1n) is 16.7. The number of allylic oxidation sites excluding steroid dienone is 2. The number of carbonyl (C=O) groups is 5. The van der Waals surface area contributed by atoms with Gasteiger partial charge in [-0.1, -0.05) is 38.1 Å². The number of carbonyl (C=O) groups excluding carboxylic acids is 4. The van der Waals surface area contributed by atoms with Crippen LogP contribution in [-0.4, -0.2) is 93.5 Å². The van der Waals surface area contributed by atoms with E-state index in [-0.39, 0.29) is 45.7 Å². The monoisotopic (exact) mass is 690 g/mol. The highest BCUT2D eigenvalue weighted by molar-refractivity contribution is 5.98. The molecule has 5 atom stereocenters. The second-order valence-electron chi connectivity index (χ2n) is 12.4. The lowest BCUT2D eigenvalue weighted by Gasteiger charge is -2.23. The van der Waals surface area contributed by atoms with Gasteiger partial charge < -0.3 is 50.1 Å². The van der Waals surface area contributed by atoms with Crippen molar-refractivity contribution < 1.29 is 52.8 Å². The topological polar surface area (TPSA) is 200 Å². The van der Waals surface area contributed by atoms with Gasteiger partial charge in [0.1, 0.15) is 32.1 Å². The van der Waals surface area contributed by atoms with Crippen LogP contribution in [0.3, 0.4) is 0 Å². The lowest BCUT2D eigenvalue weighted by molar-refractivity contribution is -0.148. The fraction of sp³-hybridized carbons (Fsp3) is 0.618. The van der Waals surface area contributed by atoms with E-state index in [1.807, 2.05) is 0 Å². The summed E-state index contributed by atoms with van der Waals surface area (Å²) in [7, 11) is 0. The zero-order chi connectivity index (χ0) is 35.6. The van der Waals surface area contributed by atoms with Crippen molar-refractivity contribution in [3.63, 3.8) is 0 Å². The Morgan fingerprint density at radius 1 is 0.816 bits per heavy atom. The minimum absolute atomic E-state index is 0.0652. The normalized spacial score (nSPS) is 20.0. The molecule has 1 unspecified atom stereocenters. The number of benzene rings is 1. The molecule has 3 rings (SSSR count). The lowest BCUT2D eigenvalue weighted by Crippen LogP contribution is -2.53. The van der Waals surface area contributed by atoms with Gasteiger partial charge >= 0.3 is 18.2 Å². The summed E-state index contributed by atoms with van der Waals surface area (Å²) in [6, 6.07) is 4.89. The summed E-state index contributed by atoms with van der Waals surface area (Å²) in [5.41, 5.74) is 1.27. The van der Waals surface area contributed by atoms with Crippen molar-refractivity contribution in [3.05, 3.63) is 42.0 Å². The smallest absolute Gasteiger partial charge is 0.407 e. The number of hydrogen-bond donors (Lipinski definition) is 5. The predicted molar refractivity (Wildman–Crippen MR) is 177 cm³/mol. The third kappa shape index (κ3) is 14.8. The molecule has 5 N–H and O–H groups in total. The maximum atomic E-state index is 12.9. The highest BCUT2D eigenvalue weighted by Crippen LogP contribution is 2.52. The summed E-state index contributed by atoms with van der Waals surface area (Å²) in [6.07, 6.45) is 7.69. The van der Waals surface area contributed by atoms with Crippen LogP contribution >= 0.6 is 0 Å². The molecule has 4 amide bonds. The SMILES string of the molecule is CC(C)[C@H](NC(=O)OCCOCCNC(=O)OCC1[C@H]2CC/C=C\CC[C@@H]12)C(=O)N[C@@H](C)C(=O)Nc1ccc(COCOCC(=O)O)cc1. The van der Waals surface area contributed by atoms with Crippen LogP contribution < -0.4 is 21.3 Å². The number of rotatable bonds is 20. The Bertz CT molecular complexity index is 1240. The first kappa shape index (κ1) is 39.2. The number of nitrogens with one attached hydrogen (secondary N) is 4. The number of anilines is 1. The van der Waals surface area contributed by atoms with E-state index in [0.717, 1.165) is 31.2 Å². The average Bonchev–Trinajstić information content (AvgIpc) is 3.70. The van der Waals surface area contributed by atoms with Crippen LogP contribution in [0.15, 0.2) is 36.4 Å². The van der Waals surface area contributed by atoms with Gasteiger partial charge in [-0.25, -0.2) is 14.4 Å². The van der Waals surface area contributed by atoms with E-state index in [2.05, 4.69) is 33.4 Å². The third-order valence-electron chi connectivity index (χ3n) is 8.25. The van der Waals surface area contributed by atoms with E-state index in [9.17, 15) is 24.0 Å². The minimum Gasteiger partial charge on any atom is -0.480 e. The summed E-state index contributed by atoms with van der Waals surface area (Å²) in [6.45, 7) is 5.51. The van der Waals surface area contributed by atoms with Crippen LogP contribution in [0.25, 0.3) is 0 Å². The predicted octanol–water partition coefficient (Wildman–Crippen LogP) is 3.19. The standard InChI is InChI=1S/C34H50N4O11/c1-22(2)30(32(42)36-23(3)31(41)37-25-12-10-24(11-13-25)18-46-21-47-20-29(39)40)38-34(44)48-17-16-45-15-14-35-33(43)49-19-28-26-8-6-4-5-7-9-27(26)28/h4-5,10-13,22-23,26-28,30H,6-9,14-21H2,1-3H3,(H,35,43)(H,36,42)(H,37,41)(H,38,44)(H,39,40)/b5-4-/t23-,26-,27+,28?,30-/m0/s1. The Morgan fingerprint density at radius 2 is 1.51 bits per heavy atom. The highest BCUT2D eigenvalue weighted by Gasteiger charge is 2.49. The molecule has 1 saturated carbocycles. The molecule has 2 aliphatic carbocycles. The molecule has 0 spiro atoms. The largest absolute Gasteiger partial charge is 0.480 e. The Balaban J connectivity index is 1.25. The Hall–Kier alpha value is -4.21. The van der Waals surface area contributed by atoms with Crippen molar-refractivity contribution in [2.45, 2.75) is 65.1 Å². The molecule has 15 nitrogen and oxygen atoms in total. The van der Waals surface area contributed by atoms with Crippen LogP contribution in [0.4, 0.5) is 15.3 Å². The van der Waals surface area contributed by atoms with E-state index >= 15 is 0 Å². The quantitative estimate of drug-likeness (QED) is 0.0765. The van der Waals surface area contributed by atoms with Crippen LogP contribution in [0.2, 0.25) is 0 Å². The van der Waals surface area contributed by atoms with Crippen LogP contribution in [-0.2, 0) is 44.7 Å². The van der Waals surface area contributed by atoms with Crippen LogP contribution in [0.1, 0.15) is 52.0 Å². The summed E-state index contributed by atoms with van der Waals surface area (Å²) in [5, 5.41) is 19.1. The first-order chi connectivity index (χ1) is 23.5. The molecule has 0 aromatic heterocycles. The third-order valence-corrected chi connectivity index (χ3v) is 8.25. The van der Waals surface area contributed by atoms with Gasteiger partial charge in [-0.05, 0) is 74.0 Å². The molecule has 0 radical (unpaired) electrons. The summed E-state index contributed by atoms with van der Waals surface area (Å²) in [5.74, 6) is -0.632. The number of carboxylic acids is 1. The number of carboxylic acid groups (broad SMARTS) is 1. The number of amides is 4. The second kappa shape index (κ2) is 21.0. The van der Waals surface area contributed by atoms with E-state index in [0.29, 0.717) is 30.0 Å². The molecular weight excluding hydrogens is 640 g/mol. The van der Waals surface area contributed by atoms with Gasteiger partial charge in [0.15, 0.2) is 0 Å². The molecule has 272 valence electrons. The fourth-order valence-electron chi connectivity index (χ4n) is 5.54. The second-order valence-corrected chi connectivity index (χ2v) is 12.4. The first-order valence-corrected chi connectivity index (χ1v) is 16.7. The van der Waals surface area contributed by atoms with Gasteiger partial charge in [0, 0.05) is 12.2 Å². The number of hydrogen-bond acceptors (Lipinski definition) is 10. The molecule has 1 fully saturated rings. The molecule has 1 aromatic rings. The van der Waals surface area contributed by atoms with Crippen LogP contribution in [0, 0.1) is 23.7 Å². The molecule has 15 heteroatoms. The number of aliphatic carboxylic acids is 1. The van der Waals surface area contributed by atoms with E-state index in [1.165, 1.54) is 6.92 Å². The van der Waals surface area contributed by atoms with Crippen molar-refractivity contribution in [1.29, 1.82) is 0 Å². The van der Waals surface area contributed by atoms with Crippen molar-refractivity contribution in [2.75, 3.05) is 51.7 Å². The molecule has 0 saturated heterocycles. The van der Waals surface area contributed by atoms with Crippen molar-refractivity contribution in [2.24, 2.45) is 23.7 Å². The molecule has 1 aromatic carbocycles. The van der Waals surface area contributed by atoms with Crippen LogP contribution in [0.5, 0.6) is 0 Å². The van der Waals surface area contributed by atoms with Gasteiger partial charge in [0.25, 0.3) is 0 Å². The van der Waals surface area contributed by atoms with Crippen molar-refractivity contribution in [3.8, 4) is 0 Å². The van der Waals surface area contributed by atoms with Gasteiger partial charge in [0.2, 0.25) is 11.8 Å². The molecule has 2 aliphatic rings. The molecular formula is C34H50N4O11. The van der Waals surface area contributed by atoms with Gasteiger partial charge in [0.05, 0.1) is 26.4 Å². The molecule has 0 aliphatic heterocycles. The summed E-state index contributed by atoms with van der Waals surface area (Å²) >= 11 is 0. The molecule has 0 bridgehead atoms. The lowest BCUT2D eigenvalue weighted by atomic mass is 10.0. The van der Waals surface area contributed by atoms with Crippen molar-refractivity contribution >= 4 is 35.7 Å². The fourth-order valence-corrected chi connectivity index (χ4v) is 5.54. The van der Waals surface area contributed by atoms with E-state index < -0.39 is 48.7 Å². The Kier molecular flexibility index (Phi) is 16.8. The van der Waals surface area contributed by atoms with Gasteiger partial charge in [-0.2, -0.15) is 0 Å². The summed E-state index contributed by atoms with van der Waals surface area (Å²) in [4.78, 5) is 60.4. The van der Waals surface area contributed by atoms with Gasteiger partial charge in [-0.3, -0.25) is 9.59 Å². The van der Waals surface area contributed by atoms with E-state index in [1.54, 1.807) is 38.1 Å². The summed E-state index contributed by atoms with van der Waals surface area (Å²) < 4.78 is 26.0. The van der Waals surface area contributed by atoms with Crippen molar-refractivity contribution in [1.82, 2.24) is 16.0 Å². The Morgan fingerprint density at radius 3 is 2.16 bits per heavy atom. The number of fused-ring (bicyclic) bond motifs is 1. The number of alkyl carbamates (subject to hydrolysis) is 2. The van der Waals surface area contributed by atoms with Gasteiger partial charge in [-0.15, -0.1) is 0 Å². The zero-order valence-corrected chi connectivity index (χ0v) is 28.4. The maximum Gasteiger partial charge on any atom is 0.407 e. The molecule has 0 heterocycles. The minimum atomic E-state index is -1.09. The van der Waals surface area contributed by atoms with E-state index in [4.69, 9.17) is 28.8 Å². The zero-order valence-electron chi connectivity index (χ0n) is 28.4. The maximum absolute atomic E-state index is 12.9. The number of ether oxygens (including phenoxy) is 5.